The molecule has 0 aromatic heterocycles. The van der Waals surface area contributed by atoms with Crippen molar-refractivity contribution in [3.63, 3.8) is 0 Å². The Labute approximate surface area is 126 Å². The molecule has 0 heterocycles. The van der Waals surface area contributed by atoms with Crippen molar-refractivity contribution in [1.82, 2.24) is 0 Å². The van der Waals surface area contributed by atoms with Gasteiger partial charge < -0.3 is 10.1 Å². The molecule has 0 bridgehead atoms. The van der Waals surface area contributed by atoms with Crippen LogP contribution in [0.15, 0.2) is 42.5 Å². The predicted octanol–water partition coefficient (Wildman–Crippen LogP) is 5.10. The monoisotopic (exact) mass is 287 g/mol. The van der Waals surface area contributed by atoms with Gasteiger partial charge in [-0.1, -0.05) is 36.8 Å². The quantitative estimate of drug-likeness (QED) is 0.798. The van der Waals surface area contributed by atoms with Crippen LogP contribution in [-0.2, 0) is 0 Å². The Morgan fingerprint density at radius 3 is 2.43 bits per heavy atom. The number of hydrogen-bond donors (Lipinski definition) is 1. The summed E-state index contributed by atoms with van der Waals surface area (Å²) in [6.45, 7) is 6.61. The van der Waals surface area contributed by atoms with Gasteiger partial charge in [-0.15, -0.1) is 0 Å². The Balaban J connectivity index is 2.24. The van der Waals surface area contributed by atoms with Gasteiger partial charge in [-0.3, -0.25) is 0 Å². The fourth-order valence-electron chi connectivity index (χ4n) is 2.30. The Morgan fingerprint density at radius 2 is 1.81 bits per heavy atom. The molecule has 21 heavy (non-hydrogen) atoms. The van der Waals surface area contributed by atoms with E-state index in [0.29, 0.717) is 12.4 Å². The van der Waals surface area contributed by atoms with Gasteiger partial charge in [0.25, 0.3) is 0 Å². The van der Waals surface area contributed by atoms with E-state index in [1.807, 2.05) is 6.92 Å². The Kier molecular flexibility index (Phi) is 5.20. The zero-order chi connectivity index (χ0) is 15.2. The first-order chi connectivity index (χ1) is 10.1. The molecular formula is C18H22FNO. The summed E-state index contributed by atoms with van der Waals surface area (Å²) in [7, 11) is 0. The fourth-order valence-corrected chi connectivity index (χ4v) is 2.30. The van der Waals surface area contributed by atoms with Gasteiger partial charge in [0, 0.05) is 6.07 Å². The number of anilines is 1. The van der Waals surface area contributed by atoms with E-state index in [4.69, 9.17) is 4.74 Å². The summed E-state index contributed by atoms with van der Waals surface area (Å²) in [6.07, 6.45) is 0.937. The van der Waals surface area contributed by atoms with Crippen LogP contribution in [0.3, 0.4) is 0 Å². The first-order valence-electron chi connectivity index (χ1n) is 7.39. The molecular weight excluding hydrogens is 265 g/mol. The number of ether oxygens (including phenoxy) is 1. The molecule has 0 saturated heterocycles. The summed E-state index contributed by atoms with van der Waals surface area (Å²) in [5, 5.41) is 3.45. The van der Waals surface area contributed by atoms with Crippen molar-refractivity contribution in [3.8, 4) is 5.75 Å². The van der Waals surface area contributed by atoms with E-state index in [1.54, 1.807) is 6.07 Å². The fraction of sp³-hybridized carbons (Fsp3) is 0.333. The van der Waals surface area contributed by atoms with E-state index < -0.39 is 0 Å². The standard InChI is InChI=1S/C18H22FNO/c1-4-16(14-8-6-13(3)7-9-14)20-17-11-10-15(19)12-18(17)21-5-2/h6-12,16,20H,4-5H2,1-3H3. The average molecular weight is 287 g/mol. The number of hydrogen-bond acceptors (Lipinski definition) is 2. The molecule has 2 aromatic rings. The van der Waals surface area contributed by atoms with Crippen LogP contribution >= 0.6 is 0 Å². The minimum Gasteiger partial charge on any atom is -0.492 e. The lowest BCUT2D eigenvalue weighted by Gasteiger charge is -2.21. The Hall–Kier alpha value is -2.03. The van der Waals surface area contributed by atoms with Crippen molar-refractivity contribution in [2.45, 2.75) is 33.2 Å². The first kappa shape index (κ1) is 15.4. The molecule has 1 N–H and O–H groups in total. The van der Waals surface area contributed by atoms with Crippen LogP contribution in [0.25, 0.3) is 0 Å². The zero-order valence-corrected chi connectivity index (χ0v) is 12.8. The largest absolute Gasteiger partial charge is 0.492 e. The van der Waals surface area contributed by atoms with E-state index in [2.05, 4.69) is 43.4 Å². The van der Waals surface area contributed by atoms with E-state index in [1.165, 1.54) is 23.3 Å². The first-order valence-corrected chi connectivity index (χ1v) is 7.39. The smallest absolute Gasteiger partial charge is 0.145 e. The van der Waals surface area contributed by atoms with Crippen LogP contribution < -0.4 is 10.1 Å². The van der Waals surface area contributed by atoms with Crippen LogP contribution in [-0.4, -0.2) is 6.61 Å². The summed E-state index contributed by atoms with van der Waals surface area (Å²) in [5.74, 6) is 0.274. The van der Waals surface area contributed by atoms with Gasteiger partial charge in [0.2, 0.25) is 0 Å². The van der Waals surface area contributed by atoms with Crippen molar-refractivity contribution >= 4 is 5.69 Å². The number of aryl methyl sites for hydroxylation is 1. The number of rotatable bonds is 6. The topological polar surface area (TPSA) is 21.3 Å². The van der Waals surface area contributed by atoms with Crippen LogP contribution in [0.5, 0.6) is 5.75 Å². The minimum atomic E-state index is -0.285. The molecule has 1 atom stereocenters. The second kappa shape index (κ2) is 7.11. The third kappa shape index (κ3) is 3.97. The van der Waals surface area contributed by atoms with Crippen LogP contribution in [0.2, 0.25) is 0 Å². The van der Waals surface area contributed by atoms with Crippen molar-refractivity contribution in [1.29, 1.82) is 0 Å². The summed E-state index contributed by atoms with van der Waals surface area (Å²) < 4.78 is 18.9. The maximum atomic E-state index is 13.3. The molecule has 2 nitrogen and oxygen atoms in total. The molecule has 0 spiro atoms. The van der Waals surface area contributed by atoms with E-state index >= 15 is 0 Å². The van der Waals surface area contributed by atoms with Crippen molar-refractivity contribution < 1.29 is 9.13 Å². The van der Waals surface area contributed by atoms with Crippen molar-refractivity contribution in [3.05, 3.63) is 59.4 Å². The number of nitrogens with one attached hydrogen (secondary N) is 1. The van der Waals surface area contributed by atoms with E-state index in [-0.39, 0.29) is 11.9 Å². The Morgan fingerprint density at radius 1 is 1.10 bits per heavy atom. The minimum absolute atomic E-state index is 0.176. The SMILES string of the molecule is CCOc1cc(F)ccc1NC(CC)c1ccc(C)cc1. The highest BCUT2D eigenvalue weighted by molar-refractivity contribution is 5.57. The lowest BCUT2D eigenvalue weighted by Crippen LogP contribution is -2.11. The molecule has 3 heteroatoms. The summed E-state index contributed by atoms with van der Waals surface area (Å²) in [5.41, 5.74) is 3.28. The van der Waals surface area contributed by atoms with Crippen LogP contribution in [0.4, 0.5) is 10.1 Å². The molecule has 0 aliphatic carbocycles. The van der Waals surface area contributed by atoms with Gasteiger partial charge in [0.15, 0.2) is 0 Å². The van der Waals surface area contributed by atoms with Crippen LogP contribution in [0.1, 0.15) is 37.4 Å². The van der Waals surface area contributed by atoms with E-state index in [9.17, 15) is 4.39 Å². The van der Waals surface area contributed by atoms with Crippen LogP contribution in [0, 0.1) is 12.7 Å². The maximum absolute atomic E-state index is 13.3. The molecule has 0 fully saturated rings. The lowest BCUT2D eigenvalue weighted by molar-refractivity contribution is 0.339. The van der Waals surface area contributed by atoms with Gasteiger partial charge in [0.05, 0.1) is 18.3 Å². The molecule has 1 unspecified atom stereocenters. The molecule has 112 valence electrons. The lowest BCUT2D eigenvalue weighted by atomic mass is 10.0. The summed E-state index contributed by atoms with van der Waals surface area (Å²) >= 11 is 0. The summed E-state index contributed by atoms with van der Waals surface area (Å²) in [4.78, 5) is 0. The third-order valence-corrected chi connectivity index (χ3v) is 3.46. The molecule has 2 aromatic carbocycles. The summed E-state index contributed by atoms with van der Waals surface area (Å²) in [6, 6.07) is 13.2. The molecule has 2 rings (SSSR count). The molecule has 0 saturated carbocycles. The van der Waals surface area contributed by atoms with Gasteiger partial charge in [-0.05, 0) is 38.0 Å². The van der Waals surface area contributed by atoms with Crippen molar-refractivity contribution in [2.24, 2.45) is 0 Å². The molecule has 0 amide bonds. The highest BCUT2D eigenvalue weighted by Gasteiger charge is 2.12. The normalized spacial score (nSPS) is 12.0. The zero-order valence-electron chi connectivity index (χ0n) is 12.8. The Bertz CT molecular complexity index is 580. The molecule has 0 aliphatic heterocycles. The highest BCUT2D eigenvalue weighted by atomic mass is 19.1. The average Bonchev–Trinajstić information content (AvgIpc) is 2.48. The number of benzene rings is 2. The molecule has 0 radical (unpaired) electrons. The molecule has 0 aliphatic rings. The number of halogens is 1. The van der Waals surface area contributed by atoms with Gasteiger partial charge in [0.1, 0.15) is 11.6 Å². The van der Waals surface area contributed by atoms with Gasteiger partial charge in [-0.2, -0.15) is 0 Å². The van der Waals surface area contributed by atoms with Gasteiger partial charge >= 0.3 is 0 Å². The predicted molar refractivity (Wildman–Crippen MR) is 85.4 cm³/mol. The van der Waals surface area contributed by atoms with Gasteiger partial charge in [-0.25, -0.2) is 4.39 Å². The third-order valence-electron chi connectivity index (χ3n) is 3.46. The second-order valence-electron chi connectivity index (χ2n) is 5.09. The van der Waals surface area contributed by atoms with Crippen molar-refractivity contribution in [2.75, 3.05) is 11.9 Å². The maximum Gasteiger partial charge on any atom is 0.145 e. The second-order valence-corrected chi connectivity index (χ2v) is 5.09. The highest BCUT2D eigenvalue weighted by Crippen LogP contribution is 2.30. The van der Waals surface area contributed by atoms with E-state index in [0.717, 1.165) is 12.1 Å².